The topological polar surface area (TPSA) is 75.0 Å². The summed E-state index contributed by atoms with van der Waals surface area (Å²) in [6, 6.07) is 0.475. The standard InChI is InChI=1S/C11H18N4O/c12-5-2-8-15(9-3-1-4-9)10-11(16)14-7-6-13-10/h6-7,9H,1-5,8,12H2,(H,14,16). The van der Waals surface area contributed by atoms with Gasteiger partial charge < -0.3 is 15.6 Å². The maximum Gasteiger partial charge on any atom is 0.290 e. The van der Waals surface area contributed by atoms with Gasteiger partial charge in [0.1, 0.15) is 0 Å². The minimum absolute atomic E-state index is 0.105. The lowest BCUT2D eigenvalue weighted by Crippen LogP contribution is -2.44. The first kappa shape index (κ1) is 11.1. The number of hydrogen-bond donors (Lipinski definition) is 2. The normalized spacial score (nSPS) is 15.8. The van der Waals surface area contributed by atoms with Crippen molar-refractivity contribution in [2.45, 2.75) is 31.7 Å². The lowest BCUT2D eigenvalue weighted by atomic mass is 9.91. The van der Waals surface area contributed by atoms with E-state index in [0.29, 0.717) is 18.4 Å². The van der Waals surface area contributed by atoms with E-state index in [1.54, 1.807) is 12.4 Å². The monoisotopic (exact) mass is 222 g/mol. The van der Waals surface area contributed by atoms with Gasteiger partial charge in [-0.2, -0.15) is 0 Å². The van der Waals surface area contributed by atoms with Crippen molar-refractivity contribution in [3.8, 4) is 0 Å². The van der Waals surface area contributed by atoms with Crippen LogP contribution in [0.2, 0.25) is 0 Å². The number of anilines is 1. The Hall–Kier alpha value is -1.36. The maximum absolute atomic E-state index is 11.7. The fraction of sp³-hybridized carbons (Fsp3) is 0.636. The molecule has 0 amide bonds. The van der Waals surface area contributed by atoms with Crippen molar-refractivity contribution in [1.29, 1.82) is 0 Å². The molecular weight excluding hydrogens is 204 g/mol. The zero-order chi connectivity index (χ0) is 11.4. The Morgan fingerprint density at radius 2 is 2.38 bits per heavy atom. The number of nitrogens with two attached hydrogens (primary N) is 1. The third-order valence-corrected chi connectivity index (χ3v) is 3.08. The smallest absolute Gasteiger partial charge is 0.290 e. The Kier molecular flexibility index (Phi) is 3.56. The van der Waals surface area contributed by atoms with Gasteiger partial charge in [-0.25, -0.2) is 4.98 Å². The molecule has 1 aliphatic rings. The molecule has 0 unspecified atom stereocenters. The quantitative estimate of drug-likeness (QED) is 0.759. The summed E-state index contributed by atoms with van der Waals surface area (Å²) in [5, 5.41) is 0. The largest absolute Gasteiger partial charge is 0.349 e. The molecule has 0 bridgehead atoms. The van der Waals surface area contributed by atoms with E-state index in [0.717, 1.165) is 25.8 Å². The molecule has 88 valence electrons. The summed E-state index contributed by atoms with van der Waals surface area (Å²) >= 11 is 0. The van der Waals surface area contributed by atoms with E-state index in [4.69, 9.17) is 5.73 Å². The summed E-state index contributed by atoms with van der Waals surface area (Å²) in [5.74, 6) is 0.542. The van der Waals surface area contributed by atoms with E-state index in [1.165, 1.54) is 6.42 Å². The van der Waals surface area contributed by atoms with E-state index < -0.39 is 0 Å². The minimum Gasteiger partial charge on any atom is -0.349 e. The second-order valence-electron chi connectivity index (χ2n) is 4.16. The van der Waals surface area contributed by atoms with Crippen molar-refractivity contribution < 1.29 is 0 Å². The molecule has 1 saturated carbocycles. The Bertz CT molecular complexity index is 386. The predicted molar refractivity (Wildman–Crippen MR) is 63.5 cm³/mol. The van der Waals surface area contributed by atoms with Crippen LogP contribution in [0.3, 0.4) is 0 Å². The summed E-state index contributed by atoms with van der Waals surface area (Å²) in [6.07, 6.45) is 7.64. The third-order valence-electron chi connectivity index (χ3n) is 3.08. The van der Waals surface area contributed by atoms with E-state index in [9.17, 15) is 4.79 Å². The first-order valence-corrected chi connectivity index (χ1v) is 5.83. The van der Waals surface area contributed by atoms with E-state index in [2.05, 4.69) is 14.9 Å². The van der Waals surface area contributed by atoms with Crippen molar-refractivity contribution in [2.75, 3.05) is 18.0 Å². The first-order valence-electron chi connectivity index (χ1n) is 5.83. The van der Waals surface area contributed by atoms with Crippen LogP contribution in [0.5, 0.6) is 0 Å². The molecule has 0 saturated heterocycles. The third kappa shape index (κ3) is 2.24. The molecular formula is C11H18N4O. The van der Waals surface area contributed by atoms with Gasteiger partial charge in [-0.1, -0.05) is 0 Å². The summed E-state index contributed by atoms with van der Waals surface area (Å²) in [6.45, 7) is 1.47. The van der Waals surface area contributed by atoms with Crippen LogP contribution < -0.4 is 16.2 Å². The second-order valence-corrected chi connectivity index (χ2v) is 4.16. The summed E-state index contributed by atoms with van der Waals surface area (Å²) < 4.78 is 0. The minimum atomic E-state index is -0.105. The Morgan fingerprint density at radius 3 is 2.94 bits per heavy atom. The number of nitrogens with zero attached hydrogens (tertiary/aromatic N) is 2. The predicted octanol–water partition coefficient (Wildman–Crippen LogP) is 0.478. The highest BCUT2D eigenvalue weighted by molar-refractivity contribution is 5.37. The lowest BCUT2D eigenvalue weighted by molar-refractivity contribution is 0.382. The van der Waals surface area contributed by atoms with Crippen LogP contribution in [0.15, 0.2) is 17.2 Å². The molecule has 1 heterocycles. The van der Waals surface area contributed by atoms with E-state index in [-0.39, 0.29) is 5.56 Å². The highest BCUT2D eigenvalue weighted by Crippen LogP contribution is 2.26. The molecule has 1 aromatic rings. The molecule has 1 aromatic heterocycles. The Morgan fingerprint density at radius 1 is 1.56 bits per heavy atom. The van der Waals surface area contributed by atoms with Gasteiger partial charge in [-0.15, -0.1) is 0 Å². The van der Waals surface area contributed by atoms with Crippen LogP contribution >= 0.6 is 0 Å². The molecule has 0 radical (unpaired) electrons. The number of hydrogen-bond acceptors (Lipinski definition) is 4. The molecule has 0 aromatic carbocycles. The highest BCUT2D eigenvalue weighted by Gasteiger charge is 2.26. The fourth-order valence-corrected chi connectivity index (χ4v) is 1.97. The highest BCUT2D eigenvalue weighted by atomic mass is 16.1. The number of nitrogens with one attached hydrogen (secondary N) is 1. The summed E-state index contributed by atoms with van der Waals surface area (Å²) in [5.41, 5.74) is 5.41. The van der Waals surface area contributed by atoms with Gasteiger partial charge in [0.25, 0.3) is 5.56 Å². The van der Waals surface area contributed by atoms with E-state index in [1.807, 2.05) is 0 Å². The molecule has 3 N–H and O–H groups in total. The van der Waals surface area contributed by atoms with Gasteiger partial charge >= 0.3 is 0 Å². The van der Waals surface area contributed by atoms with Gasteiger partial charge in [0.05, 0.1) is 0 Å². The number of aromatic nitrogens is 2. The van der Waals surface area contributed by atoms with Crippen LogP contribution in [-0.4, -0.2) is 29.1 Å². The molecule has 5 heteroatoms. The number of rotatable bonds is 5. The van der Waals surface area contributed by atoms with Crippen molar-refractivity contribution in [3.05, 3.63) is 22.7 Å². The van der Waals surface area contributed by atoms with Crippen LogP contribution in [0.4, 0.5) is 5.82 Å². The van der Waals surface area contributed by atoms with Gasteiger partial charge in [0.2, 0.25) is 0 Å². The Labute approximate surface area is 94.7 Å². The van der Waals surface area contributed by atoms with Crippen molar-refractivity contribution in [3.63, 3.8) is 0 Å². The van der Waals surface area contributed by atoms with Crippen LogP contribution in [-0.2, 0) is 0 Å². The second kappa shape index (κ2) is 5.12. The zero-order valence-electron chi connectivity index (χ0n) is 9.35. The van der Waals surface area contributed by atoms with Crippen LogP contribution in [0.25, 0.3) is 0 Å². The molecule has 0 spiro atoms. The fourth-order valence-electron chi connectivity index (χ4n) is 1.97. The van der Waals surface area contributed by atoms with Gasteiger partial charge in [0.15, 0.2) is 5.82 Å². The van der Waals surface area contributed by atoms with Crippen molar-refractivity contribution in [1.82, 2.24) is 9.97 Å². The number of aromatic amines is 1. The molecule has 0 atom stereocenters. The van der Waals surface area contributed by atoms with E-state index >= 15 is 0 Å². The van der Waals surface area contributed by atoms with Crippen molar-refractivity contribution >= 4 is 5.82 Å². The molecule has 1 aliphatic carbocycles. The van der Waals surface area contributed by atoms with Gasteiger partial charge in [0, 0.05) is 25.0 Å². The van der Waals surface area contributed by atoms with Crippen LogP contribution in [0, 0.1) is 0 Å². The first-order chi connectivity index (χ1) is 7.83. The molecule has 5 nitrogen and oxygen atoms in total. The number of H-pyrrole nitrogens is 1. The molecule has 0 aliphatic heterocycles. The average Bonchev–Trinajstić information content (AvgIpc) is 2.22. The summed E-state index contributed by atoms with van der Waals surface area (Å²) in [7, 11) is 0. The van der Waals surface area contributed by atoms with Crippen LogP contribution in [0.1, 0.15) is 25.7 Å². The summed E-state index contributed by atoms with van der Waals surface area (Å²) in [4.78, 5) is 20.6. The molecule has 2 rings (SSSR count). The maximum atomic E-state index is 11.7. The van der Waals surface area contributed by atoms with Gasteiger partial charge in [-0.05, 0) is 32.2 Å². The average molecular weight is 222 g/mol. The lowest BCUT2D eigenvalue weighted by Gasteiger charge is -2.37. The zero-order valence-corrected chi connectivity index (χ0v) is 9.35. The van der Waals surface area contributed by atoms with Crippen molar-refractivity contribution in [2.24, 2.45) is 5.73 Å². The van der Waals surface area contributed by atoms with Gasteiger partial charge in [-0.3, -0.25) is 4.79 Å². The SMILES string of the molecule is NCCCN(c1ncc[nH]c1=O)C1CCC1. The molecule has 16 heavy (non-hydrogen) atoms. The molecule has 1 fully saturated rings. The Balaban J connectivity index is 2.17.